The van der Waals surface area contributed by atoms with Crippen LogP contribution in [0.5, 0.6) is 5.75 Å². The highest BCUT2D eigenvalue weighted by Crippen LogP contribution is 2.57. The molecule has 1 unspecified atom stereocenters. The van der Waals surface area contributed by atoms with Crippen LogP contribution >= 0.6 is 0 Å². The Hall–Kier alpha value is -1.74. The molecular formula is C19H23NO2. The standard InChI is InChI=1S/C19H23NO2/c1-12-6-5-7-15-17(12)19-10-11-20(3)13(2)14(19)8-9-16(21-4)18(19)22-15/h5-9,13,18H,10-11H2,1-4H3/t13-,18+,19?/m1/s1. The van der Waals surface area contributed by atoms with E-state index in [0.717, 1.165) is 24.5 Å². The number of benzene rings is 1. The molecule has 1 saturated heterocycles. The molecule has 0 saturated carbocycles. The lowest BCUT2D eigenvalue weighted by molar-refractivity contribution is 0.0817. The third kappa shape index (κ3) is 1.55. The number of methoxy groups -OCH3 is 1. The van der Waals surface area contributed by atoms with Crippen molar-refractivity contribution in [2.45, 2.75) is 37.8 Å². The summed E-state index contributed by atoms with van der Waals surface area (Å²) in [6.07, 6.45) is 5.41. The SMILES string of the molecule is COC1=CC=C2[C@@H](C)N(C)CCC23c2c(C)cccc2O[C@@H]13. The van der Waals surface area contributed by atoms with E-state index < -0.39 is 0 Å². The maximum Gasteiger partial charge on any atom is 0.169 e. The molecule has 116 valence electrons. The zero-order chi connectivity index (χ0) is 15.5. The zero-order valence-electron chi connectivity index (χ0n) is 13.7. The van der Waals surface area contributed by atoms with Crippen molar-refractivity contribution >= 4 is 0 Å². The first-order valence-corrected chi connectivity index (χ1v) is 8.03. The van der Waals surface area contributed by atoms with E-state index in [-0.39, 0.29) is 11.5 Å². The van der Waals surface area contributed by atoms with Crippen molar-refractivity contribution in [3.63, 3.8) is 0 Å². The van der Waals surface area contributed by atoms with Crippen LogP contribution in [0.3, 0.4) is 0 Å². The first-order valence-electron chi connectivity index (χ1n) is 8.03. The van der Waals surface area contributed by atoms with Gasteiger partial charge in [0.25, 0.3) is 0 Å². The van der Waals surface area contributed by atoms with Gasteiger partial charge in [-0.1, -0.05) is 18.2 Å². The first kappa shape index (κ1) is 13.9. The van der Waals surface area contributed by atoms with Gasteiger partial charge in [0.1, 0.15) is 11.5 Å². The van der Waals surface area contributed by atoms with E-state index >= 15 is 0 Å². The number of ether oxygens (including phenoxy) is 2. The molecule has 1 spiro atoms. The zero-order valence-corrected chi connectivity index (χ0v) is 13.7. The molecule has 0 aromatic heterocycles. The lowest BCUT2D eigenvalue weighted by Gasteiger charge is -2.48. The maximum atomic E-state index is 6.39. The number of fused-ring (bicyclic) bond motifs is 1. The molecule has 3 aliphatic rings. The Morgan fingerprint density at radius 1 is 1.32 bits per heavy atom. The van der Waals surface area contributed by atoms with Crippen LogP contribution in [-0.4, -0.2) is 37.7 Å². The van der Waals surface area contributed by atoms with Crippen LogP contribution in [-0.2, 0) is 10.2 Å². The van der Waals surface area contributed by atoms with Gasteiger partial charge in [0.05, 0.1) is 12.5 Å². The molecule has 22 heavy (non-hydrogen) atoms. The molecule has 3 atom stereocenters. The maximum absolute atomic E-state index is 6.39. The Kier molecular flexibility index (Phi) is 2.92. The van der Waals surface area contributed by atoms with Gasteiger partial charge < -0.3 is 9.47 Å². The quantitative estimate of drug-likeness (QED) is 0.794. The molecule has 4 rings (SSSR count). The van der Waals surface area contributed by atoms with E-state index in [1.165, 1.54) is 16.7 Å². The minimum atomic E-state index is -0.0628. The van der Waals surface area contributed by atoms with Crippen molar-refractivity contribution < 1.29 is 9.47 Å². The Labute approximate surface area is 132 Å². The number of piperidine rings is 1. The summed E-state index contributed by atoms with van der Waals surface area (Å²) in [7, 11) is 3.95. The Morgan fingerprint density at radius 3 is 2.91 bits per heavy atom. The van der Waals surface area contributed by atoms with Crippen molar-refractivity contribution in [2.75, 3.05) is 20.7 Å². The third-order valence-electron chi connectivity index (χ3n) is 5.78. The van der Waals surface area contributed by atoms with E-state index in [4.69, 9.17) is 9.47 Å². The number of nitrogens with zero attached hydrogens (tertiary/aromatic N) is 1. The van der Waals surface area contributed by atoms with Crippen molar-refractivity contribution in [2.24, 2.45) is 0 Å². The van der Waals surface area contributed by atoms with Gasteiger partial charge in [-0.25, -0.2) is 0 Å². The molecular weight excluding hydrogens is 274 g/mol. The lowest BCUT2D eigenvalue weighted by atomic mass is 9.61. The third-order valence-corrected chi connectivity index (χ3v) is 5.78. The van der Waals surface area contributed by atoms with Crippen LogP contribution in [0.4, 0.5) is 0 Å². The van der Waals surface area contributed by atoms with E-state index in [2.05, 4.69) is 56.1 Å². The number of allylic oxidation sites excluding steroid dienone is 2. The van der Waals surface area contributed by atoms with Crippen LogP contribution in [0.15, 0.2) is 41.7 Å². The average Bonchev–Trinajstić information content (AvgIpc) is 2.86. The van der Waals surface area contributed by atoms with Gasteiger partial charge in [-0.05, 0) is 57.1 Å². The smallest absolute Gasteiger partial charge is 0.169 e. The normalized spacial score (nSPS) is 33.1. The second-order valence-electron chi connectivity index (χ2n) is 6.72. The fraction of sp³-hybridized carbons (Fsp3) is 0.474. The van der Waals surface area contributed by atoms with Crippen LogP contribution in [0.25, 0.3) is 0 Å². The summed E-state index contributed by atoms with van der Waals surface area (Å²) >= 11 is 0. The van der Waals surface area contributed by atoms with E-state index in [1.54, 1.807) is 7.11 Å². The Morgan fingerprint density at radius 2 is 2.14 bits per heavy atom. The summed E-state index contributed by atoms with van der Waals surface area (Å²) in [6, 6.07) is 6.80. The second kappa shape index (κ2) is 4.63. The Balaban J connectivity index is 1.98. The van der Waals surface area contributed by atoms with Crippen molar-refractivity contribution in [1.29, 1.82) is 0 Å². The largest absolute Gasteiger partial charge is 0.497 e. The molecule has 0 bridgehead atoms. The fourth-order valence-electron chi connectivity index (χ4n) is 4.55. The molecule has 1 aliphatic carbocycles. The summed E-state index contributed by atoms with van der Waals surface area (Å²) in [5.74, 6) is 1.97. The molecule has 2 heterocycles. The predicted molar refractivity (Wildman–Crippen MR) is 87.2 cm³/mol. The number of hydrogen-bond donors (Lipinski definition) is 0. The van der Waals surface area contributed by atoms with E-state index in [9.17, 15) is 0 Å². The summed E-state index contributed by atoms with van der Waals surface area (Å²) in [4.78, 5) is 2.43. The highest BCUT2D eigenvalue weighted by Gasteiger charge is 2.58. The predicted octanol–water partition coefficient (Wildman–Crippen LogP) is 3.19. The second-order valence-corrected chi connectivity index (χ2v) is 6.72. The molecule has 3 nitrogen and oxygen atoms in total. The van der Waals surface area contributed by atoms with Gasteiger partial charge >= 0.3 is 0 Å². The van der Waals surface area contributed by atoms with Crippen LogP contribution < -0.4 is 4.74 Å². The highest BCUT2D eigenvalue weighted by atomic mass is 16.5. The molecule has 1 aromatic rings. The van der Waals surface area contributed by atoms with Crippen molar-refractivity contribution in [3.8, 4) is 5.75 Å². The summed E-state index contributed by atoms with van der Waals surface area (Å²) < 4.78 is 12.0. The summed E-state index contributed by atoms with van der Waals surface area (Å²) in [5.41, 5.74) is 4.08. The molecule has 2 aliphatic heterocycles. The molecule has 0 N–H and O–H groups in total. The number of likely N-dealkylation sites (tertiary alicyclic amines) is 1. The molecule has 0 amide bonds. The first-order chi connectivity index (χ1) is 10.6. The molecule has 3 heteroatoms. The van der Waals surface area contributed by atoms with Crippen molar-refractivity contribution in [1.82, 2.24) is 4.90 Å². The number of hydrogen-bond acceptors (Lipinski definition) is 3. The average molecular weight is 297 g/mol. The summed E-state index contributed by atoms with van der Waals surface area (Å²) in [5, 5.41) is 0. The van der Waals surface area contributed by atoms with E-state index in [1.807, 2.05) is 0 Å². The van der Waals surface area contributed by atoms with Crippen LogP contribution in [0, 0.1) is 6.92 Å². The molecule has 1 aromatic carbocycles. The minimum absolute atomic E-state index is 0.0234. The summed E-state index contributed by atoms with van der Waals surface area (Å²) in [6.45, 7) is 5.57. The molecule has 1 fully saturated rings. The molecule has 0 radical (unpaired) electrons. The van der Waals surface area contributed by atoms with Gasteiger partial charge in [-0.3, -0.25) is 4.90 Å². The minimum Gasteiger partial charge on any atom is -0.497 e. The highest BCUT2D eigenvalue weighted by molar-refractivity contribution is 5.60. The number of rotatable bonds is 1. The van der Waals surface area contributed by atoms with Crippen LogP contribution in [0.1, 0.15) is 24.5 Å². The fourth-order valence-corrected chi connectivity index (χ4v) is 4.55. The monoisotopic (exact) mass is 297 g/mol. The Bertz CT molecular complexity index is 691. The van der Waals surface area contributed by atoms with Crippen LogP contribution in [0.2, 0.25) is 0 Å². The number of aryl methyl sites for hydroxylation is 1. The van der Waals surface area contributed by atoms with Crippen molar-refractivity contribution in [3.05, 3.63) is 52.8 Å². The van der Waals surface area contributed by atoms with E-state index in [0.29, 0.717) is 6.04 Å². The topological polar surface area (TPSA) is 21.7 Å². The van der Waals surface area contributed by atoms with Gasteiger partial charge in [-0.2, -0.15) is 0 Å². The van der Waals surface area contributed by atoms with Gasteiger partial charge in [0.15, 0.2) is 6.10 Å². The van der Waals surface area contributed by atoms with Gasteiger partial charge in [0.2, 0.25) is 0 Å². The van der Waals surface area contributed by atoms with Gasteiger partial charge in [0, 0.05) is 11.6 Å². The number of likely N-dealkylation sites (N-methyl/N-ethyl adjacent to an activating group) is 1. The lowest BCUT2D eigenvalue weighted by Crippen LogP contribution is -2.54. The van der Waals surface area contributed by atoms with Gasteiger partial charge in [-0.15, -0.1) is 0 Å².